The van der Waals surface area contributed by atoms with Gasteiger partial charge in [-0.15, -0.1) is 0 Å². The fourth-order valence-electron chi connectivity index (χ4n) is 3.13. The van der Waals surface area contributed by atoms with Crippen LogP contribution in [0, 0.1) is 5.41 Å². The first-order valence-corrected chi connectivity index (χ1v) is 9.00. The van der Waals surface area contributed by atoms with Crippen molar-refractivity contribution in [1.82, 2.24) is 4.90 Å². The van der Waals surface area contributed by atoms with E-state index in [9.17, 15) is 20.1 Å². The number of ether oxygens (including phenoxy) is 1. The molecule has 0 bridgehead atoms. The zero-order valence-electron chi connectivity index (χ0n) is 15.4. The van der Waals surface area contributed by atoms with Gasteiger partial charge in [0, 0.05) is 0 Å². The first kappa shape index (κ1) is 20.5. The van der Waals surface area contributed by atoms with Crippen LogP contribution in [0.5, 0.6) is 17.2 Å². The minimum Gasteiger partial charge on any atom is -0.507 e. The average Bonchev–Trinajstić information content (AvgIpc) is 2.63. The Morgan fingerprint density at radius 1 is 1.17 bits per heavy atom. The van der Waals surface area contributed by atoms with Gasteiger partial charge < -0.3 is 35.0 Å². The molecule has 0 spiro atoms. The van der Waals surface area contributed by atoms with Gasteiger partial charge in [-0.05, 0) is 36.5 Å². The van der Waals surface area contributed by atoms with E-state index in [0.717, 1.165) is 0 Å². The molecule has 0 amide bonds. The van der Waals surface area contributed by atoms with Crippen LogP contribution >= 0.6 is 0 Å². The molecule has 10 heteroatoms. The minimum absolute atomic E-state index is 0.00189. The van der Waals surface area contributed by atoms with Crippen LogP contribution in [0.4, 0.5) is 0 Å². The predicted octanol–water partition coefficient (Wildman–Crippen LogP) is 0.900. The number of nitrogens with one attached hydrogen (secondary N) is 1. The van der Waals surface area contributed by atoms with E-state index in [2.05, 4.69) is 0 Å². The number of carboxylic acid groups (broad SMARTS) is 1. The van der Waals surface area contributed by atoms with Crippen molar-refractivity contribution >= 4 is 18.9 Å². The first-order valence-electron chi connectivity index (χ1n) is 9.00. The van der Waals surface area contributed by atoms with Crippen LogP contribution in [-0.4, -0.2) is 68.4 Å². The Morgan fingerprint density at radius 2 is 1.86 bits per heavy atom. The van der Waals surface area contributed by atoms with Crippen LogP contribution in [0.3, 0.4) is 0 Å². The summed E-state index contributed by atoms with van der Waals surface area (Å²) >= 11 is 0. The van der Waals surface area contributed by atoms with Gasteiger partial charge in [0.15, 0.2) is 0 Å². The van der Waals surface area contributed by atoms with Crippen molar-refractivity contribution in [2.45, 2.75) is 18.8 Å². The second kappa shape index (κ2) is 8.42. The number of carbonyl (C=O) groups is 1. The molecule has 1 saturated heterocycles. The molecule has 0 unspecified atom stereocenters. The molecular weight excluding hydrogens is 379 g/mol. The summed E-state index contributed by atoms with van der Waals surface area (Å²) in [6, 6.07) is 9.43. The van der Waals surface area contributed by atoms with Gasteiger partial charge in [0.2, 0.25) is 0 Å². The molecule has 0 atom stereocenters. The van der Waals surface area contributed by atoms with Crippen molar-refractivity contribution in [3.8, 4) is 17.2 Å². The highest BCUT2D eigenvalue weighted by Gasteiger charge is 2.33. The molecule has 2 aromatic rings. The van der Waals surface area contributed by atoms with E-state index in [1.165, 1.54) is 18.2 Å². The van der Waals surface area contributed by atoms with Crippen LogP contribution < -0.4 is 4.74 Å². The lowest BCUT2D eigenvalue weighted by Crippen LogP contribution is -2.56. The zero-order chi connectivity index (χ0) is 21.1. The Kier molecular flexibility index (Phi) is 5.95. The Bertz CT molecular complexity index is 929. The molecule has 1 aliphatic heterocycles. The molecule has 29 heavy (non-hydrogen) atoms. The number of nitrogens with zero attached hydrogens (tertiary/aromatic N) is 1. The number of phenolic OH excluding ortho intramolecular Hbond substituents is 1. The van der Waals surface area contributed by atoms with Crippen LogP contribution in [0.1, 0.15) is 21.5 Å². The third kappa shape index (κ3) is 4.44. The summed E-state index contributed by atoms with van der Waals surface area (Å²) in [6.07, 6.45) is -0.332. The van der Waals surface area contributed by atoms with E-state index in [1.54, 1.807) is 23.1 Å². The number of rotatable bonds is 7. The number of likely N-dealkylation sites (tertiary alicyclic amines) is 1. The van der Waals surface area contributed by atoms with Crippen molar-refractivity contribution < 1.29 is 34.9 Å². The zero-order valence-corrected chi connectivity index (χ0v) is 15.4. The maximum Gasteiger partial charge on any atom is 0.451 e. The van der Waals surface area contributed by atoms with Gasteiger partial charge in [0.05, 0.1) is 18.7 Å². The van der Waals surface area contributed by atoms with Crippen LogP contribution in [0.15, 0.2) is 36.4 Å². The summed E-state index contributed by atoms with van der Waals surface area (Å²) < 4.78 is 5.71. The molecule has 0 aliphatic carbocycles. The number of aromatic carboxylic acids is 1. The highest BCUT2D eigenvalue weighted by Crippen LogP contribution is 2.34. The number of hydrogen-bond acceptors (Lipinski definition) is 7. The standard InChI is InChI=1S/C19H21BN2O7/c21-18(13-3-1-2-4-14(13)23)22-9-12(10-22)29-15-6-5-11(7-8-20(27)28)17(24)16(15)19(25)26/h1-6,12,21,23-24,27-28H,7-10H2,(H,25,26). The number of aryl methyl sites for hydroxylation is 1. The predicted molar refractivity (Wildman–Crippen MR) is 105 cm³/mol. The Balaban J connectivity index is 1.68. The lowest BCUT2D eigenvalue weighted by Gasteiger charge is -2.40. The molecule has 0 radical (unpaired) electrons. The topological polar surface area (TPSA) is 155 Å². The molecule has 1 fully saturated rings. The highest BCUT2D eigenvalue weighted by atomic mass is 16.5. The van der Waals surface area contributed by atoms with E-state index in [1.807, 2.05) is 0 Å². The summed E-state index contributed by atoms with van der Waals surface area (Å²) in [5.74, 6) is -1.68. The quantitative estimate of drug-likeness (QED) is 0.228. The van der Waals surface area contributed by atoms with Gasteiger partial charge >= 0.3 is 13.1 Å². The van der Waals surface area contributed by atoms with E-state index in [-0.39, 0.29) is 47.3 Å². The fraction of sp³-hybridized carbons (Fsp3) is 0.263. The van der Waals surface area contributed by atoms with Gasteiger partial charge in [-0.1, -0.05) is 18.2 Å². The van der Waals surface area contributed by atoms with E-state index < -0.39 is 18.8 Å². The normalized spacial score (nSPS) is 13.7. The summed E-state index contributed by atoms with van der Waals surface area (Å²) in [5, 5.41) is 55.7. The minimum atomic E-state index is -1.56. The van der Waals surface area contributed by atoms with Gasteiger partial charge in [-0.2, -0.15) is 0 Å². The lowest BCUT2D eigenvalue weighted by molar-refractivity contribution is 0.0596. The number of para-hydroxylation sites is 1. The number of benzene rings is 2. The van der Waals surface area contributed by atoms with Crippen molar-refractivity contribution in [2.24, 2.45) is 0 Å². The van der Waals surface area contributed by atoms with Crippen LogP contribution in [-0.2, 0) is 6.42 Å². The van der Waals surface area contributed by atoms with E-state index >= 15 is 0 Å². The van der Waals surface area contributed by atoms with E-state index in [4.69, 9.17) is 20.2 Å². The van der Waals surface area contributed by atoms with Crippen LogP contribution in [0.25, 0.3) is 0 Å². The molecule has 152 valence electrons. The average molecular weight is 400 g/mol. The van der Waals surface area contributed by atoms with Gasteiger partial charge in [-0.3, -0.25) is 5.41 Å². The maximum absolute atomic E-state index is 11.6. The molecule has 1 heterocycles. The molecule has 1 aliphatic rings. The number of hydrogen-bond donors (Lipinski definition) is 6. The second-order valence-electron chi connectivity index (χ2n) is 6.78. The Morgan fingerprint density at radius 3 is 2.48 bits per heavy atom. The summed E-state index contributed by atoms with van der Waals surface area (Å²) in [4.78, 5) is 13.3. The summed E-state index contributed by atoms with van der Waals surface area (Å²) in [5.41, 5.74) is 0.286. The first-order chi connectivity index (χ1) is 13.8. The fourth-order valence-corrected chi connectivity index (χ4v) is 3.13. The Labute approximate surface area is 167 Å². The molecule has 0 aromatic heterocycles. The largest absolute Gasteiger partial charge is 0.507 e. The van der Waals surface area contributed by atoms with Crippen LogP contribution in [0.2, 0.25) is 6.32 Å². The number of amidine groups is 1. The smallest absolute Gasteiger partial charge is 0.451 e. The maximum atomic E-state index is 11.6. The second-order valence-corrected chi connectivity index (χ2v) is 6.78. The lowest BCUT2D eigenvalue weighted by atomic mass is 9.82. The van der Waals surface area contributed by atoms with Crippen molar-refractivity contribution in [3.63, 3.8) is 0 Å². The summed E-state index contributed by atoms with van der Waals surface area (Å²) in [7, 11) is -1.56. The molecule has 3 rings (SSSR count). The third-order valence-corrected chi connectivity index (χ3v) is 4.73. The molecule has 9 nitrogen and oxygen atoms in total. The highest BCUT2D eigenvalue weighted by molar-refractivity contribution is 6.41. The Hall–Kier alpha value is -3.24. The van der Waals surface area contributed by atoms with Crippen molar-refractivity contribution in [1.29, 1.82) is 5.41 Å². The molecular formula is C19H21BN2O7. The van der Waals surface area contributed by atoms with Gasteiger partial charge in [0.1, 0.15) is 34.8 Å². The molecule has 0 saturated carbocycles. The van der Waals surface area contributed by atoms with Crippen molar-refractivity contribution in [2.75, 3.05) is 13.1 Å². The van der Waals surface area contributed by atoms with E-state index in [0.29, 0.717) is 18.7 Å². The number of phenols is 2. The number of aromatic hydroxyl groups is 2. The number of carboxylic acids is 1. The van der Waals surface area contributed by atoms with Gasteiger partial charge in [0.25, 0.3) is 0 Å². The summed E-state index contributed by atoms with van der Waals surface area (Å²) in [6.45, 7) is 0.650. The SMILES string of the molecule is N=C(c1ccccc1O)N1CC(Oc2ccc(CCB(O)O)c(O)c2C(=O)O)C1. The van der Waals surface area contributed by atoms with Gasteiger partial charge in [-0.25, -0.2) is 4.79 Å². The monoisotopic (exact) mass is 400 g/mol. The molecule has 2 aromatic carbocycles. The molecule has 6 N–H and O–H groups in total. The van der Waals surface area contributed by atoms with Crippen molar-refractivity contribution in [3.05, 3.63) is 53.1 Å². The third-order valence-electron chi connectivity index (χ3n) is 4.73.